The van der Waals surface area contributed by atoms with Gasteiger partial charge < -0.3 is 14.2 Å². The maximum Gasteiger partial charge on any atom is 0.247 e. The molecule has 0 amide bonds. The van der Waals surface area contributed by atoms with Crippen LogP contribution in [0.15, 0.2) is 255 Å². The lowest BCUT2D eigenvalue weighted by Gasteiger charge is -2.50. The summed E-state index contributed by atoms with van der Waals surface area (Å²) in [6.45, 7) is 33.8. The summed E-state index contributed by atoms with van der Waals surface area (Å²) in [5, 5.41) is 0.00391. The summed E-state index contributed by atoms with van der Waals surface area (Å²) in [5.74, 6) is 1.33. The van der Waals surface area contributed by atoms with Gasteiger partial charge in [0, 0.05) is 50.1 Å². The number of para-hydroxylation sites is 4. The Morgan fingerprint density at radius 2 is 0.773 bits per heavy atom. The summed E-state index contributed by atoms with van der Waals surface area (Å²) in [7, 11) is 0. The first-order chi connectivity index (χ1) is 49.6. The van der Waals surface area contributed by atoms with E-state index >= 15 is 0 Å². The second kappa shape index (κ2) is 22.1. The van der Waals surface area contributed by atoms with E-state index in [1.807, 2.05) is 12.1 Å². The predicted molar refractivity (Wildman–Crippen MR) is 414 cm³/mol. The molecule has 478 valence electrons. The number of aromatic nitrogens is 1. The Hall–Kier alpha value is -9.90. The molecule has 16 rings (SSSR count). The summed E-state index contributed by atoms with van der Waals surface area (Å²) in [6.07, 6.45) is 0. The molecule has 3 aliphatic heterocycles. The van der Waals surface area contributed by atoms with Crippen molar-refractivity contribution >= 4 is 62.0 Å². The molecule has 0 atom stereocenters. The summed E-state index contributed by atoms with van der Waals surface area (Å²) < 4.78 is 86.1. The molecule has 0 saturated heterocycles. The van der Waals surface area contributed by atoms with Crippen LogP contribution < -0.4 is 26.0 Å². The van der Waals surface area contributed by atoms with Crippen LogP contribution in [0.1, 0.15) is 165 Å². The third kappa shape index (κ3) is 10.1. The number of anilines is 3. The Bertz CT molecular complexity index is 5590. The van der Waals surface area contributed by atoms with Gasteiger partial charge in [0.15, 0.2) is 0 Å². The standard InChI is InChI=1S/C93H87BN2O/c1-88(2,3)64-46-62(47-65(52-64)89(4,5)6)60-42-44-74-78(50-60)94-79-51-61(63-48-66(90(7,8)9)53-67(49-63)91(10,11)12)43-45-82(79)96(87-72(58-30-18-16-19-31-58)54-68(92(13,14)15)55-73(87)59-32-20-17-21-33-59)83-57-69(95-80-38-26-22-34-70(80)71-35-23-27-39-81(71)95)56-77(86(83)94)93(74)75-36-24-28-40-84(75)97-85-41-29-25-37-76(85)93/h16-57H,1-15H3/i22D,23D,26D,27D,34D,35D,38D,39D. The third-order valence-corrected chi connectivity index (χ3v) is 20.9. The molecular formula is C93H87BN2O. The maximum absolute atomic E-state index is 10.1. The largest absolute Gasteiger partial charge is 0.457 e. The third-order valence-electron chi connectivity index (χ3n) is 20.9. The minimum atomic E-state index is -1.23. The molecule has 0 fully saturated rings. The van der Waals surface area contributed by atoms with Crippen molar-refractivity contribution in [2.45, 2.75) is 136 Å². The van der Waals surface area contributed by atoms with Gasteiger partial charge in [-0.25, -0.2) is 0 Å². The zero-order valence-electron chi connectivity index (χ0n) is 66.5. The minimum absolute atomic E-state index is 0.00195. The van der Waals surface area contributed by atoms with Crippen LogP contribution in [0.3, 0.4) is 0 Å². The Morgan fingerprint density at radius 3 is 1.25 bits per heavy atom. The molecule has 4 heterocycles. The van der Waals surface area contributed by atoms with E-state index < -0.39 is 48.4 Å². The van der Waals surface area contributed by atoms with Crippen LogP contribution in [0.4, 0.5) is 17.1 Å². The van der Waals surface area contributed by atoms with Gasteiger partial charge in [-0.05, 0) is 165 Å². The van der Waals surface area contributed by atoms with Crippen molar-refractivity contribution in [1.29, 1.82) is 0 Å². The summed E-state index contributed by atoms with van der Waals surface area (Å²) in [4.78, 5) is 2.47. The van der Waals surface area contributed by atoms with Crippen LogP contribution in [0.2, 0.25) is 0 Å². The van der Waals surface area contributed by atoms with Gasteiger partial charge in [-0.15, -0.1) is 0 Å². The van der Waals surface area contributed by atoms with Crippen LogP contribution in [0.25, 0.3) is 72.0 Å². The number of hydrogen-bond donors (Lipinski definition) is 0. The second-order valence-electron chi connectivity index (χ2n) is 32.4. The van der Waals surface area contributed by atoms with Gasteiger partial charge in [0.05, 0.1) is 33.1 Å². The molecule has 4 heteroatoms. The SMILES string of the molecule is [2H]c1c([2H])c([2H])c2c(c1[2H])c1c([2H])c([2H])c([2H])c([2H])c1n2-c1cc2c3c(c1)C1(c4ccccc4Oc4ccccc41)c1ccc(-c4cc(C(C)(C)C)cc(C(C)(C)C)c4)cc1B3c1cc(-c3cc(C(C)(C)C)cc(C(C)(C)C)c3)ccc1N2c1c(-c2ccccc2)cc(C(C)(C)C)cc1-c1ccccc1. The first kappa shape index (κ1) is 53.3. The van der Waals surface area contributed by atoms with E-state index in [1.54, 1.807) is 4.57 Å². The van der Waals surface area contributed by atoms with Crippen LogP contribution >= 0.6 is 0 Å². The number of fused-ring (bicyclic) bond motifs is 13. The zero-order chi connectivity index (χ0) is 74.4. The van der Waals surface area contributed by atoms with E-state index in [2.05, 4.69) is 303 Å². The molecule has 97 heavy (non-hydrogen) atoms. The molecule has 0 unspecified atom stereocenters. The minimum Gasteiger partial charge on any atom is -0.457 e. The topological polar surface area (TPSA) is 17.4 Å². The maximum atomic E-state index is 10.1. The highest BCUT2D eigenvalue weighted by molar-refractivity contribution is 6.99. The van der Waals surface area contributed by atoms with Gasteiger partial charge in [-0.2, -0.15) is 0 Å². The van der Waals surface area contributed by atoms with Gasteiger partial charge >= 0.3 is 0 Å². The first-order valence-corrected chi connectivity index (χ1v) is 34.3. The van der Waals surface area contributed by atoms with Crippen molar-refractivity contribution in [2.24, 2.45) is 0 Å². The Morgan fingerprint density at radius 1 is 0.351 bits per heavy atom. The van der Waals surface area contributed by atoms with Crippen molar-refractivity contribution in [3.05, 3.63) is 305 Å². The lowest BCUT2D eigenvalue weighted by atomic mass is 9.29. The van der Waals surface area contributed by atoms with Crippen molar-refractivity contribution in [1.82, 2.24) is 4.57 Å². The molecule has 0 bridgehead atoms. The lowest BCUT2D eigenvalue weighted by molar-refractivity contribution is 0.435. The Kier molecular flexibility index (Phi) is 12.1. The Balaban J connectivity index is 1.18. The van der Waals surface area contributed by atoms with E-state index in [9.17, 15) is 11.0 Å². The van der Waals surface area contributed by atoms with Crippen molar-refractivity contribution in [2.75, 3.05) is 4.90 Å². The molecule has 13 aromatic rings. The average molecular weight is 1270 g/mol. The fourth-order valence-electron chi connectivity index (χ4n) is 15.6. The predicted octanol–water partition coefficient (Wildman–Crippen LogP) is 23.0. The second-order valence-corrected chi connectivity index (χ2v) is 32.4. The van der Waals surface area contributed by atoms with E-state index in [1.165, 1.54) is 22.3 Å². The summed E-state index contributed by atoms with van der Waals surface area (Å²) in [6, 6.07) is 72.0. The first-order valence-electron chi connectivity index (χ1n) is 38.3. The van der Waals surface area contributed by atoms with E-state index in [4.69, 9.17) is 4.74 Å². The van der Waals surface area contributed by atoms with Crippen LogP contribution in [-0.4, -0.2) is 11.3 Å². The molecule has 3 nitrogen and oxygen atoms in total. The fourth-order valence-corrected chi connectivity index (χ4v) is 15.6. The van der Waals surface area contributed by atoms with Gasteiger partial charge in [0.25, 0.3) is 0 Å². The van der Waals surface area contributed by atoms with Crippen LogP contribution in [-0.2, 0) is 32.5 Å². The smallest absolute Gasteiger partial charge is 0.247 e. The number of hydrogen-bond acceptors (Lipinski definition) is 2. The average Bonchev–Trinajstić information content (AvgIpc) is 1.04. The molecule has 0 radical (unpaired) electrons. The molecule has 1 spiro atoms. The molecule has 0 aliphatic carbocycles. The highest BCUT2D eigenvalue weighted by atomic mass is 16.5. The summed E-state index contributed by atoms with van der Waals surface area (Å²) >= 11 is 0. The van der Waals surface area contributed by atoms with Gasteiger partial charge in [-0.3, -0.25) is 0 Å². The molecule has 0 saturated carbocycles. The van der Waals surface area contributed by atoms with Crippen molar-refractivity contribution in [3.63, 3.8) is 0 Å². The monoisotopic (exact) mass is 1270 g/mol. The van der Waals surface area contributed by atoms with Gasteiger partial charge in [0.1, 0.15) is 11.5 Å². The molecule has 12 aromatic carbocycles. The summed E-state index contributed by atoms with van der Waals surface area (Å²) in [5.41, 5.74) is 21.9. The van der Waals surface area contributed by atoms with E-state index in [-0.39, 0.29) is 61.0 Å². The highest BCUT2D eigenvalue weighted by Crippen LogP contribution is 2.59. The van der Waals surface area contributed by atoms with E-state index in [0.29, 0.717) is 17.2 Å². The van der Waals surface area contributed by atoms with Gasteiger partial charge in [-0.1, -0.05) is 309 Å². The fraction of sp³-hybridized carbons (Fsp3) is 0.226. The lowest BCUT2D eigenvalue weighted by Crippen LogP contribution is -2.65. The molecule has 1 aromatic heterocycles. The number of nitrogens with zero attached hydrogens (tertiary/aromatic N) is 2. The van der Waals surface area contributed by atoms with Crippen molar-refractivity contribution < 1.29 is 15.7 Å². The number of benzene rings is 12. The number of ether oxygens (including phenoxy) is 1. The van der Waals surface area contributed by atoms with E-state index in [0.717, 1.165) is 106 Å². The van der Waals surface area contributed by atoms with Crippen LogP contribution in [0.5, 0.6) is 11.5 Å². The van der Waals surface area contributed by atoms with Crippen molar-refractivity contribution in [3.8, 4) is 61.7 Å². The normalized spacial score (nSPS) is 15.2. The van der Waals surface area contributed by atoms with Gasteiger partial charge in [0.2, 0.25) is 6.71 Å². The number of rotatable bonds is 6. The highest BCUT2D eigenvalue weighted by Gasteiger charge is 2.55. The zero-order valence-corrected chi connectivity index (χ0v) is 58.5. The molecule has 0 N–H and O–H groups in total. The quantitative estimate of drug-likeness (QED) is 0.154. The van der Waals surface area contributed by atoms with Crippen LogP contribution in [0, 0.1) is 0 Å². The molecular weight excluding hydrogens is 1170 g/mol. The molecule has 3 aliphatic rings. The Labute approximate surface area is 586 Å².